The Labute approximate surface area is 131 Å². The number of likely N-dealkylation sites (tertiary alicyclic amines) is 1. The Balaban J connectivity index is 1.81. The van der Waals surface area contributed by atoms with Gasteiger partial charge in [0.1, 0.15) is 0 Å². The van der Waals surface area contributed by atoms with Crippen molar-refractivity contribution in [3.05, 3.63) is 18.2 Å². The first-order valence-electron chi connectivity index (χ1n) is 8.11. The van der Waals surface area contributed by atoms with E-state index in [1.54, 1.807) is 7.11 Å². The highest BCUT2D eigenvalue weighted by Crippen LogP contribution is 2.46. The van der Waals surface area contributed by atoms with Crippen molar-refractivity contribution in [1.82, 2.24) is 19.8 Å². The van der Waals surface area contributed by atoms with Crippen molar-refractivity contribution in [1.29, 1.82) is 0 Å². The van der Waals surface area contributed by atoms with E-state index in [0.29, 0.717) is 19.2 Å². The molecule has 2 fully saturated rings. The standard InChI is InChI=1S/C16H26N4O2/c1-12(2)20-9-14(18-11-20)13-8-17-10-16(13)4-5-19(15(16)21)6-7-22-3/h9,11-13,17H,4-8,10H2,1-3H3. The van der Waals surface area contributed by atoms with Gasteiger partial charge in [-0.1, -0.05) is 0 Å². The van der Waals surface area contributed by atoms with Crippen LogP contribution >= 0.6 is 0 Å². The lowest BCUT2D eigenvalue weighted by Gasteiger charge is -2.27. The summed E-state index contributed by atoms with van der Waals surface area (Å²) in [4.78, 5) is 19.5. The molecule has 0 saturated carbocycles. The van der Waals surface area contributed by atoms with Crippen LogP contribution in [-0.4, -0.2) is 60.3 Å². The molecule has 3 rings (SSSR count). The van der Waals surface area contributed by atoms with Crippen molar-refractivity contribution in [3.8, 4) is 0 Å². The van der Waals surface area contributed by atoms with Gasteiger partial charge in [-0.05, 0) is 20.3 Å². The molecule has 1 amide bonds. The van der Waals surface area contributed by atoms with Gasteiger partial charge >= 0.3 is 0 Å². The number of imidazole rings is 1. The fourth-order valence-electron chi connectivity index (χ4n) is 3.72. The molecule has 2 aliphatic rings. The molecule has 1 aromatic heterocycles. The van der Waals surface area contributed by atoms with Gasteiger partial charge in [0.05, 0.1) is 24.0 Å². The Morgan fingerprint density at radius 3 is 3.05 bits per heavy atom. The van der Waals surface area contributed by atoms with Crippen molar-refractivity contribution in [2.75, 3.05) is 39.9 Å². The van der Waals surface area contributed by atoms with Crippen LogP contribution in [-0.2, 0) is 9.53 Å². The Bertz CT molecular complexity index is 542. The molecule has 0 aromatic carbocycles. The number of aromatic nitrogens is 2. The second-order valence-electron chi connectivity index (χ2n) is 6.71. The van der Waals surface area contributed by atoms with Crippen LogP contribution in [0.1, 0.15) is 37.9 Å². The maximum atomic E-state index is 13.0. The zero-order chi connectivity index (χ0) is 15.7. The van der Waals surface area contributed by atoms with Crippen LogP contribution in [0.2, 0.25) is 0 Å². The fourth-order valence-corrected chi connectivity index (χ4v) is 3.72. The first-order chi connectivity index (χ1) is 10.6. The summed E-state index contributed by atoms with van der Waals surface area (Å²) in [6, 6.07) is 0.393. The molecule has 1 aromatic rings. The molecule has 3 heterocycles. The van der Waals surface area contributed by atoms with Gasteiger partial charge in [-0.15, -0.1) is 0 Å². The molecule has 0 bridgehead atoms. The van der Waals surface area contributed by atoms with Gasteiger partial charge in [-0.25, -0.2) is 4.98 Å². The van der Waals surface area contributed by atoms with Crippen LogP contribution in [0.4, 0.5) is 0 Å². The van der Waals surface area contributed by atoms with E-state index in [2.05, 4.69) is 34.9 Å². The van der Waals surface area contributed by atoms with Crippen molar-refractivity contribution in [2.24, 2.45) is 5.41 Å². The van der Waals surface area contributed by atoms with E-state index in [0.717, 1.165) is 31.7 Å². The van der Waals surface area contributed by atoms with Crippen LogP contribution in [0, 0.1) is 5.41 Å². The lowest BCUT2D eigenvalue weighted by Crippen LogP contribution is -2.40. The van der Waals surface area contributed by atoms with Gasteiger partial charge in [-0.2, -0.15) is 0 Å². The molecular weight excluding hydrogens is 280 g/mol. The summed E-state index contributed by atoms with van der Waals surface area (Å²) in [7, 11) is 1.68. The largest absolute Gasteiger partial charge is 0.383 e. The van der Waals surface area contributed by atoms with Crippen LogP contribution in [0.15, 0.2) is 12.5 Å². The number of nitrogens with zero attached hydrogens (tertiary/aromatic N) is 3. The quantitative estimate of drug-likeness (QED) is 0.882. The van der Waals surface area contributed by atoms with E-state index in [1.165, 1.54) is 0 Å². The average molecular weight is 306 g/mol. The zero-order valence-electron chi connectivity index (χ0n) is 13.7. The van der Waals surface area contributed by atoms with E-state index in [1.807, 2.05) is 11.2 Å². The maximum absolute atomic E-state index is 13.0. The SMILES string of the molecule is COCCN1CCC2(CNCC2c2cn(C(C)C)cn2)C1=O. The molecule has 6 nitrogen and oxygen atoms in total. The predicted molar refractivity (Wildman–Crippen MR) is 83.7 cm³/mol. The number of nitrogens with one attached hydrogen (secondary N) is 1. The first kappa shape index (κ1) is 15.5. The van der Waals surface area contributed by atoms with Crippen LogP contribution in [0.25, 0.3) is 0 Å². The third-order valence-corrected chi connectivity index (χ3v) is 5.14. The second kappa shape index (κ2) is 6.01. The monoisotopic (exact) mass is 306 g/mol. The van der Waals surface area contributed by atoms with Gasteiger partial charge in [-0.3, -0.25) is 4.79 Å². The van der Waals surface area contributed by atoms with Gasteiger partial charge in [0.2, 0.25) is 5.91 Å². The highest BCUT2D eigenvalue weighted by molar-refractivity contribution is 5.86. The molecule has 1 spiro atoms. The average Bonchev–Trinajstić information content (AvgIpc) is 3.19. The third kappa shape index (κ3) is 2.44. The van der Waals surface area contributed by atoms with Gasteiger partial charge in [0.25, 0.3) is 0 Å². The number of rotatable bonds is 5. The van der Waals surface area contributed by atoms with Gasteiger partial charge < -0.3 is 19.5 Å². The van der Waals surface area contributed by atoms with E-state index in [-0.39, 0.29) is 17.2 Å². The molecule has 2 atom stereocenters. The molecular formula is C16H26N4O2. The molecule has 122 valence electrons. The molecule has 6 heteroatoms. The molecule has 1 N–H and O–H groups in total. The molecule has 2 unspecified atom stereocenters. The summed E-state index contributed by atoms with van der Waals surface area (Å²) in [6.07, 6.45) is 4.89. The van der Waals surface area contributed by atoms with E-state index < -0.39 is 0 Å². The predicted octanol–water partition coefficient (Wildman–Crippen LogP) is 1.02. The number of hydrogen-bond acceptors (Lipinski definition) is 4. The minimum absolute atomic E-state index is 0.174. The van der Waals surface area contributed by atoms with Crippen LogP contribution in [0.5, 0.6) is 0 Å². The zero-order valence-corrected chi connectivity index (χ0v) is 13.7. The number of carbonyl (C=O) groups is 1. The van der Waals surface area contributed by atoms with Crippen molar-refractivity contribution in [3.63, 3.8) is 0 Å². The Morgan fingerprint density at radius 1 is 1.55 bits per heavy atom. The highest BCUT2D eigenvalue weighted by atomic mass is 16.5. The van der Waals surface area contributed by atoms with E-state index >= 15 is 0 Å². The number of carbonyl (C=O) groups excluding carboxylic acids is 1. The van der Waals surface area contributed by atoms with Gasteiger partial charge in [0.15, 0.2) is 0 Å². The van der Waals surface area contributed by atoms with E-state index in [4.69, 9.17) is 4.74 Å². The van der Waals surface area contributed by atoms with Gasteiger partial charge in [0, 0.05) is 51.4 Å². The molecule has 22 heavy (non-hydrogen) atoms. The topological polar surface area (TPSA) is 59.4 Å². The maximum Gasteiger partial charge on any atom is 0.230 e. The lowest BCUT2D eigenvalue weighted by atomic mass is 9.75. The van der Waals surface area contributed by atoms with Crippen molar-refractivity contribution >= 4 is 5.91 Å². The smallest absolute Gasteiger partial charge is 0.230 e. The number of hydrogen-bond donors (Lipinski definition) is 1. The van der Waals surface area contributed by atoms with E-state index in [9.17, 15) is 4.79 Å². The second-order valence-corrected chi connectivity index (χ2v) is 6.71. The number of amides is 1. The molecule has 2 saturated heterocycles. The normalized spacial score (nSPS) is 28.5. The minimum Gasteiger partial charge on any atom is -0.383 e. The van der Waals surface area contributed by atoms with Crippen LogP contribution in [0.3, 0.4) is 0 Å². The first-order valence-corrected chi connectivity index (χ1v) is 8.11. The minimum atomic E-state index is -0.316. The molecule has 0 aliphatic carbocycles. The van der Waals surface area contributed by atoms with Crippen molar-refractivity contribution in [2.45, 2.75) is 32.2 Å². The summed E-state index contributed by atoms with van der Waals surface area (Å²) in [6.45, 7) is 7.98. The lowest BCUT2D eigenvalue weighted by molar-refractivity contribution is -0.136. The Hall–Kier alpha value is -1.40. The Morgan fingerprint density at radius 2 is 2.36 bits per heavy atom. The summed E-state index contributed by atoms with van der Waals surface area (Å²) in [5.74, 6) is 0.436. The molecule has 0 radical (unpaired) electrons. The van der Waals surface area contributed by atoms with Crippen molar-refractivity contribution < 1.29 is 9.53 Å². The summed E-state index contributed by atoms with van der Waals surface area (Å²) in [5.41, 5.74) is 0.727. The van der Waals surface area contributed by atoms with Crippen LogP contribution < -0.4 is 5.32 Å². The summed E-state index contributed by atoms with van der Waals surface area (Å²) >= 11 is 0. The Kier molecular flexibility index (Phi) is 4.23. The third-order valence-electron chi connectivity index (χ3n) is 5.14. The molecule has 2 aliphatic heterocycles. The number of methoxy groups -OCH3 is 1. The highest BCUT2D eigenvalue weighted by Gasteiger charge is 2.55. The summed E-state index contributed by atoms with van der Waals surface area (Å²) < 4.78 is 7.23. The fraction of sp³-hybridized carbons (Fsp3) is 0.750. The summed E-state index contributed by atoms with van der Waals surface area (Å²) in [5, 5.41) is 3.42. The number of ether oxygens (including phenoxy) is 1.